The molecule has 1 saturated heterocycles. The van der Waals surface area contributed by atoms with E-state index < -0.39 is 48.6 Å². The number of ketones is 2. The molecule has 1 aliphatic rings. The molecule has 0 aromatic rings. The molecular formula is C19H32O7. The van der Waals surface area contributed by atoms with Gasteiger partial charge in [-0.1, -0.05) is 26.0 Å². The summed E-state index contributed by atoms with van der Waals surface area (Å²) in [7, 11) is 0. The highest BCUT2D eigenvalue weighted by atomic mass is 16.6. The number of hydrogen-bond acceptors (Lipinski definition) is 7. The summed E-state index contributed by atoms with van der Waals surface area (Å²) < 4.78 is 5.63. The Morgan fingerprint density at radius 1 is 1.19 bits per heavy atom. The number of aliphatic hydroxyl groups excluding tert-OH is 4. The van der Waals surface area contributed by atoms with Gasteiger partial charge in [0, 0.05) is 18.8 Å². The largest absolute Gasteiger partial charge is 0.396 e. The molecule has 0 aromatic heterocycles. The molecule has 0 amide bonds. The molecule has 0 radical (unpaired) electrons. The van der Waals surface area contributed by atoms with Crippen LogP contribution in [-0.2, 0) is 14.3 Å². The van der Waals surface area contributed by atoms with E-state index in [0.29, 0.717) is 0 Å². The molecule has 26 heavy (non-hydrogen) atoms. The molecule has 7 atom stereocenters. The average Bonchev–Trinajstić information content (AvgIpc) is 3.29. The lowest BCUT2D eigenvalue weighted by molar-refractivity contribution is -0.140. The van der Waals surface area contributed by atoms with E-state index in [1.54, 1.807) is 13.8 Å². The average molecular weight is 372 g/mol. The quantitative estimate of drug-likeness (QED) is 0.285. The molecule has 1 fully saturated rings. The van der Waals surface area contributed by atoms with Crippen molar-refractivity contribution in [3.8, 4) is 0 Å². The molecule has 1 rings (SSSR count). The molecule has 0 bridgehead atoms. The highest BCUT2D eigenvalue weighted by Crippen LogP contribution is 2.46. The van der Waals surface area contributed by atoms with Crippen LogP contribution in [0.3, 0.4) is 0 Å². The third-order valence-corrected chi connectivity index (χ3v) is 5.25. The Labute approximate surface area is 154 Å². The third kappa shape index (κ3) is 4.98. The van der Waals surface area contributed by atoms with Crippen molar-refractivity contribution in [2.45, 2.75) is 64.4 Å². The van der Waals surface area contributed by atoms with Crippen LogP contribution in [0, 0.1) is 17.8 Å². The Balaban J connectivity index is 2.88. The normalized spacial score (nSPS) is 28.4. The number of aliphatic hydroxyl groups is 4. The van der Waals surface area contributed by atoms with Crippen molar-refractivity contribution in [2.75, 3.05) is 13.2 Å². The molecule has 4 N–H and O–H groups in total. The van der Waals surface area contributed by atoms with Crippen LogP contribution in [0.5, 0.6) is 0 Å². The molecule has 1 unspecified atom stereocenters. The zero-order valence-corrected chi connectivity index (χ0v) is 16.0. The predicted octanol–water partition coefficient (Wildman–Crippen LogP) is 0.233. The minimum atomic E-state index is -1.35. The van der Waals surface area contributed by atoms with Gasteiger partial charge in [0.1, 0.15) is 17.2 Å². The second-order valence-electron chi connectivity index (χ2n) is 7.20. The van der Waals surface area contributed by atoms with E-state index in [0.717, 1.165) is 0 Å². The van der Waals surface area contributed by atoms with Gasteiger partial charge in [0.05, 0.1) is 43.4 Å². The number of carbonyl (C=O) groups excluding carboxylic acids is 2. The van der Waals surface area contributed by atoms with Gasteiger partial charge in [-0.2, -0.15) is 0 Å². The number of epoxide rings is 1. The van der Waals surface area contributed by atoms with Crippen molar-refractivity contribution in [3.05, 3.63) is 12.2 Å². The number of Topliss-reactive ketones (excluding diaryl/α,β-unsaturated/α-hetero) is 2. The monoisotopic (exact) mass is 372 g/mol. The summed E-state index contributed by atoms with van der Waals surface area (Å²) in [4.78, 5) is 24.2. The van der Waals surface area contributed by atoms with E-state index >= 15 is 0 Å². The van der Waals surface area contributed by atoms with Crippen LogP contribution < -0.4 is 0 Å². The topological polar surface area (TPSA) is 128 Å². The molecule has 0 saturated carbocycles. The first kappa shape index (κ1) is 22.9. The van der Waals surface area contributed by atoms with E-state index in [2.05, 4.69) is 0 Å². The second kappa shape index (κ2) is 9.71. The van der Waals surface area contributed by atoms with Gasteiger partial charge < -0.3 is 25.2 Å². The Morgan fingerprint density at radius 2 is 1.77 bits per heavy atom. The second-order valence-corrected chi connectivity index (χ2v) is 7.20. The van der Waals surface area contributed by atoms with Crippen molar-refractivity contribution in [2.24, 2.45) is 17.8 Å². The van der Waals surface area contributed by atoms with Crippen LogP contribution in [-0.4, -0.2) is 69.1 Å². The lowest BCUT2D eigenvalue weighted by Crippen LogP contribution is -2.47. The van der Waals surface area contributed by atoms with Gasteiger partial charge in [-0.15, -0.1) is 0 Å². The molecule has 0 spiro atoms. The first-order valence-corrected chi connectivity index (χ1v) is 9.11. The highest BCUT2D eigenvalue weighted by molar-refractivity contribution is 5.86. The van der Waals surface area contributed by atoms with Crippen molar-refractivity contribution in [1.29, 1.82) is 0 Å². The molecule has 150 valence electrons. The zero-order valence-electron chi connectivity index (χ0n) is 16.0. The van der Waals surface area contributed by atoms with E-state index in [1.165, 1.54) is 0 Å². The van der Waals surface area contributed by atoms with Crippen molar-refractivity contribution in [3.63, 3.8) is 0 Å². The predicted molar refractivity (Wildman–Crippen MR) is 95.3 cm³/mol. The molecular weight excluding hydrogens is 340 g/mol. The molecule has 0 aromatic carbocycles. The van der Waals surface area contributed by atoms with Gasteiger partial charge in [0.25, 0.3) is 0 Å². The van der Waals surface area contributed by atoms with Crippen molar-refractivity contribution in [1.82, 2.24) is 0 Å². The SMILES string of the molecule is CC=C[C@H](C)[C@H]1OC1(C)[C@@H](O)[C@@H](CO)C(=O)[C@H](CO)[C@@H](O)CC(=O)CC. The van der Waals surface area contributed by atoms with E-state index in [1.807, 2.05) is 26.0 Å². The zero-order chi connectivity index (χ0) is 20.1. The fraction of sp³-hybridized carbons (Fsp3) is 0.789. The summed E-state index contributed by atoms with van der Waals surface area (Å²) in [5.74, 6) is -3.34. The Hall–Kier alpha value is -1.12. The standard InChI is InChI=1S/C19H32O7/c1-5-7-11(3)18-19(4,26-18)17(25)14(10-21)16(24)13(9-20)15(23)8-12(22)6-2/h5,7,11,13-15,17-18,20-21,23,25H,6,8-10H2,1-4H3/t11-,13+,14-,15-,17-,18+,19?/m0/s1. The molecule has 1 heterocycles. The number of allylic oxidation sites excluding steroid dienone is 1. The van der Waals surface area contributed by atoms with Crippen LogP contribution in [0.2, 0.25) is 0 Å². The van der Waals surface area contributed by atoms with E-state index in [-0.39, 0.29) is 30.6 Å². The Morgan fingerprint density at radius 3 is 2.23 bits per heavy atom. The summed E-state index contributed by atoms with van der Waals surface area (Å²) in [5.41, 5.74) is -0.994. The summed E-state index contributed by atoms with van der Waals surface area (Å²) >= 11 is 0. The van der Waals surface area contributed by atoms with E-state index in [9.17, 15) is 30.0 Å². The lowest BCUT2D eigenvalue weighted by Gasteiger charge is -2.28. The van der Waals surface area contributed by atoms with Gasteiger partial charge in [0.15, 0.2) is 0 Å². The van der Waals surface area contributed by atoms with Gasteiger partial charge in [-0.3, -0.25) is 9.59 Å². The fourth-order valence-electron chi connectivity index (χ4n) is 3.45. The van der Waals surface area contributed by atoms with Crippen LogP contribution >= 0.6 is 0 Å². The third-order valence-electron chi connectivity index (χ3n) is 5.25. The van der Waals surface area contributed by atoms with Gasteiger partial charge in [-0.05, 0) is 13.8 Å². The molecule has 7 heteroatoms. The van der Waals surface area contributed by atoms with Gasteiger partial charge in [-0.25, -0.2) is 0 Å². The number of carbonyl (C=O) groups is 2. The van der Waals surface area contributed by atoms with Crippen LogP contribution in [0.1, 0.15) is 40.5 Å². The lowest BCUT2D eigenvalue weighted by atomic mass is 9.79. The first-order valence-electron chi connectivity index (χ1n) is 9.11. The number of hydrogen-bond donors (Lipinski definition) is 4. The molecule has 1 aliphatic heterocycles. The van der Waals surface area contributed by atoms with Crippen LogP contribution in [0.25, 0.3) is 0 Å². The van der Waals surface area contributed by atoms with Crippen molar-refractivity contribution >= 4 is 11.6 Å². The summed E-state index contributed by atoms with van der Waals surface area (Å²) in [5, 5.41) is 40.0. The van der Waals surface area contributed by atoms with Crippen LogP contribution in [0.4, 0.5) is 0 Å². The molecule has 7 nitrogen and oxygen atoms in total. The summed E-state index contributed by atoms with van der Waals surface area (Å²) in [6.07, 6.45) is 0.816. The Kier molecular flexibility index (Phi) is 8.56. The molecule has 0 aliphatic carbocycles. The first-order chi connectivity index (χ1) is 12.2. The maximum absolute atomic E-state index is 12.7. The maximum Gasteiger partial charge on any atom is 0.148 e. The smallest absolute Gasteiger partial charge is 0.148 e. The minimum Gasteiger partial charge on any atom is -0.396 e. The summed E-state index contributed by atoms with van der Waals surface area (Å²) in [6.45, 7) is 5.79. The Bertz CT molecular complexity index is 518. The van der Waals surface area contributed by atoms with Gasteiger partial charge >= 0.3 is 0 Å². The van der Waals surface area contributed by atoms with Gasteiger partial charge in [0.2, 0.25) is 0 Å². The van der Waals surface area contributed by atoms with E-state index in [4.69, 9.17) is 4.74 Å². The maximum atomic E-state index is 12.7. The fourth-order valence-corrected chi connectivity index (χ4v) is 3.45. The van der Waals surface area contributed by atoms with Crippen molar-refractivity contribution < 1.29 is 34.8 Å². The highest BCUT2D eigenvalue weighted by Gasteiger charge is 2.61. The number of rotatable bonds is 12. The minimum absolute atomic E-state index is 0.0236. The van der Waals surface area contributed by atoms with Crippen LogP contribution in [0.15, 0.2) is 12.2 Å². The summed E-state index contributed by atoms with van der Waals surface area (Å²) in [6, 6.07) is 0. The number of ether oxygens (including phenoxy) is 1.